The number of ether oxygens (including phenoxy) is 1. The van der Waals surface area contributed by atoms with Crippen molar-refractivity contribution in [2.24, 2.45) is 0 Å². The molecule has 5 heterocycles. The molecule has 37 heavy (non-hydrogen) atoms. The van der Waals surface area contributed by atoms with Crippen molar-refractivity contribution < 1.29 is 13.5 Å². The molecule has 0 radical (unpaired) electrons. The zero-order chi connectivity index (χ0) is 25.1. The first-order valence-electron chi connectivity index (χ1n) is 13.0. The van der Waals surface area contributed by atoms with Crippen LogP contribution in [0.15, 0.2) is 36.7 Å². The summed E-state index contributed by atoms with van der Waals surface area (Å²) in [7, 11) is 0. The minimum Gasteiger partial charge on any atom is -0.373 e. The molecule has 0 bridgehead atoms. The summed E-state index contributed by atoms with van der Waals surface area (Å²) in [6.07, 6.45) is 7.70. The lowest BCUT2D eigenvalue weighted by atomic mass is 9.90. The van der Waals surface area contributed by atoms with Gasteiger partial charge in [-0.05, 0) is 56.4 Å². The van der Waals surface area contributed by atoms with Crippen molar-refractivity contribution in [1.82, 2.24) is 30.0 Å². The summed E-state index contributed by atoms with van der Waals surface area (Å²) in [4.78, 5) is 14.7. The maximum Gasteiger partial charge on any atom is 0.163 e. The number of nitrogens with one attached hydrogen (secondary N) is 1. The zero-order valence-electron chi connectivity index (χ0n) is 20.6. The zero-order valence-corrected chi connectivity index (χ0v) is 20.6. The van der Waals surface area contributed by atoms with Crippen LogP contribution in [0.1, 0.15) is 72.3 Å². The summed E-state index contributed by atoms with van der Waals surface area (Å²) in [5.41, 5.74) is 4.37. The van der Waals surface area contributed by atoms with Gasteiger partial charge in [0.1, 0.15) is 17.5 Å². The first-order chi connectivity index (χ1) is 18.0. The Kier molecular flexibility index (Phi) is 5.51. The summed E-state index contributed by atoms with van der Waals surface area (Å²) in [5.74, 6) is -0.258. The van der Waals surface area contributed by atoms with Gasteiger partial charge in [-0.25, -0.2) is 23.7 Å². The number of hydrogen-bond acceptors (Lipinski definition) is 6. The van der Waals surface area contributed by atoms with Crippen molar-refractivity contribution in [1.29, 1.82) is 0 Å². The molecule has 1 N–H and O–H groups in total. The van der Waals surface area contributed by atoms with E-state index in [9.17, 15) is 4.39 Å². The monoisotopic (exact) mass is 502 g/mol. The minimum atomic E-state index is -0.643. The molecule has 0 spiro atoms. The van der Waals surface area contributed by atoms with Crippen molar-refractivity contribution in [2.75, 3.05) is 19.7 Å². The number of hydrogen-bond donors (Lipinski definition) is 1. The second kappa shape index (κ2) is 8.92. The van der Waals surface area contributed by atoms with Crippen molar-refractivity contribution in [2.45, 2.75) is 56.6 Å². The van der Waals surface area contributed by atoms with Crippen LogP contribution in [0.3, 0.4) is 0 Å². The lowest BCUT2D eigenvalue weighted by Gasteiger charge is -2.29. The van der Waals surface area contributed by atoms with E-state index in [2.05, 4.69) is 16.6 Å². The van der Waals surface area contributed by atoms with E-state index in [1.807, 2.05) is 23.9 Å². The Morgan fingerprint density at radius 1 is 1.03 bits per heavy atom. The Morgan fingerprint density at radius 3 is 2.65 bits per heavy atom. The summed E-state index contributed by atoms with van der Waals surface area (Å²) in [5, 5.41) is 8.51. The SMILES string of the molecule is Cc1nc2nc([C@@H]3CCO[C@H](c4cnn(C5CC5)c4)C3)nc(-c3ccc(F)cc3F)c2cc1C1CNC1. The lowest BCUT2D eigenvalue weighted by Crippen LogP contribution is -2.40. The molecule has 0 amide bonds. The van der Waals surface area contributed by atoms with Crippen LogP contribution < -0.4 is 5.32 Å². The number of rotatable bonds is 5. The fourth-order valence-electron chi connectivity index (χ4n) is 5.49. The van der Waals surface area contributed by atoms with E-state index >= 15 is 4.39 Å². The third-order valence-electron chi connectivity index (χ3n) is 7.90. The predicted octanol–water partition coefficient (Wildman–Crippen LogP) is 5.13. The summed E-state index contributed by atoms with van der Waals surface area (Å²) >= 11 is 0. The Hall–Kier alpha value is -3.30. The first-order valence-corrected chi connectivity index (χ1v) is 13.0. The maximum absolute atomic E-state index is 15.0. The molecular weight excluding hydrogens is 474 g/mol. The van der Waals surface area contributed by atoms with E-state index in [-0.39, 0.29) is 17.6 Å². The molecule has 1 aliphatic carbocycles. The number of aryl methyl sites for hydroxylation is 1. The van der Waals surface area contributed by atoms with Crippen LogP contribution in [-0.4, -0.2) is 44.4 Å². The molecule has 1 aromatic carbocycles. The number of pyridine rings is 1. The lowest BCUT2D eigenvalue weighted by molar-refractivity contribution is 0.00396. The summed E-state index contributed by atoms with van der Waals surface area (Å²) in [6.45, 7) is 4.34. The van der Waals surface area contributed by atoms with Crippen LogP contribution in [0.4, 0.5) is 8.78 Å². The quantitative estimate of drug-likeness (QED) is 0.408. The van der Waals surface area contributed by atoms with E-state index in [0.717, 1.165) is 42.4 Å². The molecule has 2 atom stereocenters. The van der Waals surface area contributed by atoms with Gasteiger partial charge in [-0.15, -0.1) is 0 Å². The van der Waals surface area contributed by atoms with Crippen LogP contribution in [0.2, 0.25) is 0 Å². The maximum atomic E-state index is 15.0. The van der Waals surface area contributed by atoms with E-state index in [1.54, 1.807) is 0 Å². The second-order valence-corrected chi connectivity index (χ2v) is 10.5. The number of nitrogens with zero attached hydrogens (tertiary/aromatic N) is 5. The minimum absolute atomic E-state index is 0.0206. The molecule has 4 aromatic rings. The highest BCUT2D eigenvalue weighted by atomic mass is 19.1. The van der Waals surface area contributed by atoms with Crippen molar-refractivity contribution in [3.63, 3.8) is 0 Å². The van der Waals surface area contributed by atoms with Gasteiger partial charge in [0.2, 0.25) is 0 Å². The fraction of sp³-hybridized carbons (Fsp3) is 0.429. The Bertz CT molecular complexity index is 1500. The van der Waals surface area contributed by atoms with Gasteiger partial charge in [-0.1, -0.05) is 0 Å². The molecule has 7 nitrogen and oxygen atoms in total. The number of fused-ring (bicyclic) bond motifs is 1. The van der Waals surface area contributed by atoms with Crippen molar-refractivity contribution in [3.8, 4) is 11.3 Å². The van der Waals surface area contributed by atoms with E-state index in [0.29, 0.717) is 47.5 Å². The number of halogens is 2. The van der Waals surface area contributed by atoms with Gasteiger partial charge in [-0.2, -0.15) is 5.10 Å². The topological polar surface area (TPSA) is 77.8 Å². The third-order valence-corrected chi connectivity index (χ3v) is 7.90. The van der Waals surface area contributed by atoms with Gasteiger partial charge in [0.25, 0.3) is 0 Å². The average Bonchev–Trinajstić information content (AvgIpc) is 3.59. The molecule has 1 saturated carbocycles. The Labute approximate surface area is 213 Å². The highest BCUT2D eigenvalue weighted by Crippen LogP contribution is 2.40. The molecule has 9 heteroatoms. The molecule has 3 fully saturated rings. The molecule has 2 aliphatic heterocycles. The van der Waals surface area contributed by atoms with Gasteiger partial charge in [-0.3, -0.25) is 4.68 Å². The van der Waals surface area contributed by atoms with Gasteiger partial charge >= 0.3 is 0 Å². The van der Waals surface area contributed by atoms with Gasteiger partial charge in [0, 0.05) is 66.0 Å². The smallest absolute Gasteiger partial charge is 0.163 e. The molecule has 3 aliphatic rings. The highest BCUT2D eigenvalue weighted by molar-refractivity contribution is 5.91. The van der Waals surface area contributed by atoms with Crippen molar-refractivity contribution in [3.05, 3.63) is 70.9 Å². The van der Waals surface area contributed by atoms with Crippen LogP contribution in [0.5, 0.6) is 0 Å². The normalized spacial score (nSPS) is 22.4. The molecular formula is C28H28F2N6O. The fourth-order valence-corrected chi connectivity index (χ4v) is 5.49. The standard InChI is InChI=1S/C28H28F2N6O/c1-15-22(17-11-31-12-17)10-23-26(21-5-2-19(29)9-24(21)30)34-27(35-28(23)33-15)16-6-7-37-25(8-16)18-13-32-36(14-18)20-3-4-20/h2,5,9-10,13-14,16-17,20,25,31H,3-4,6-8,11-12H2,1H3/t16-,25+/m1/s1. The number of aromatic nitrogens is 5. The van der Waals surface area contributed by atoms with Crippen LogP contribution in [0, 0.1) is 18.6 Å². The van der Waals surface area contributed by atoms with Crippen LogP contribution in [-0.2, 0) is 4.74 Å². The molecule has 0 unspecified atom stereocenters. The second-order valence-electron chi connectivity index (χ2n) is 10.5. The summed E-state index contributed by atoms with van der Waals surface area (Å²) < 4.78 is 37.0. The van der Waals surface area contributed by atoms with Gasteiger partial charge in [0.05, 0.1) is 24.0 Å². The average molecular weight is 503 g/mol. The highest BCUT2D eigenvalue weighted by Gasteiger charge is 2.31. The van der Waals surface area contributed by atoms with Crippen molar-refractivity contribution >= 4 is 11.0 Å². The van der Waals surface area contributed by atoms with E-state index < -0.39 is 11.6 Å². The van der Waals surface area contributed by atoms with E-state index in [4.69, 9.17) is 19.7 Å². The molecule has 7 rings (SSSR count). The van der Waals surface area contributed by atoms with E-state index in [1.165, 1.54) is 25.0 Å². The largest absolute Gasteiger partial charge is 0.373 e. The van der Waals surface area contributed by atoms with Crippen LogP contribution >= 0.6 is 0 Å². The van der Waals surface area contributed by atoms with Gasteiger partial charge in [0.15, 0.2) is 5.65 Å². The van der Waals surface area contributed by atoms with Crippen LogP contribution in [0.25, 0.3) is 22.3 Å². The molecule has 190 valence electrons. The number of benzene rings is 1. The molecule has 3 aromatic heterocycles. The summed E-state index contributed by atoms with van der Waals surface area (Å²) in [6, 6.07) is 6.19. The third kappa shape index (κ3) is 4.20. The van der Waals surface area contributed by atoms with Gasteiger partial charge < -0.3 is 10.1 Å². The molecule has 2 saturated heterocycles. The Balaban J connectivity index is 1.30. The first kappa shape index (κ1) is 22.9. The predicted molar refractivity (Wildman–Crippen MR) is 134 cm³/mol. The Morgan fingerprint density at radius 2 is 1.89 bits per heavy atom.